The van der Waals surface area contributed by atoms with Crippen LogP contribution in [0.5, 0.6) is 0 Å². The van der Waals surface area contributed by atoms with E-state index in [-0.39, 0.29) is 17.9 Å². The van der Waals surface area contributed by atoms with Crippen LogP contribution in [-0.4, -0.2) is 64.6 Å². The molecule has 1 aliphatic heterocycles. The summed E-state index contributed by atoms with van der Waals surface area (Å²) in [6.45, 7) is 15.9. The van der Waals surface area contributed by atoms with E-state index < -0.39 is 0 Å². The molecule has 0 saturated heterocycles. The third-order valence-corrected chi connectivity index (χ3v) is 5.94. The fraction of sp³-hybridized carbons (Fsp3) is 0.625. The number of nitrogens with zero attached hydrogens (tertiary/aromatic N) is 4. The summed E-state index contributed by atoms with van der Waals surface area (Å²) in [6, 6.07) is 7.65. The molecule has 31 heavy (non-hydrogen) atoms. The molecule has 7 heteroatoms. The number of carbonyl (C=O) groups excluding carboxylic acids is 1. The van der Waals surface area contributed by atoms with Crippen LogP contribution in [0.2, 0.25) is 0 Å². The van der Waals surface area contributed by atoms with E-state index in [9.17, 15) is 4.79 Å². The predicted molar refractivity (Wildman–Crippen MR) is 127 cm³/mol. The van der Waals surface area contributed by atoms with Crippen LogP contribution in [0.25, 0.3) is 10.9 Å². The molecule has 1 aromatic heterocycles. The summed E-state index contributed by atoms with van der Waals surface area (Å²) in [4.78, 5) is 27.3. The number of fused-ring (bicyclic) bond motifs is 4. The minimum Gasteiger partial charge on any atom is -0.358 e. The van der Waals surface area contributed by atoms with E-state index in [0.717, 1.165) is 48.7 Å². The van der Waals surface area contributed by atoms with Gasteiger partial charge >= 0.3 is 0 Å². The first-order valence-electron chi connectivity index (χ1n) is 11.6. The number of para-hydroxylation sites is 1. The van der Waals surface area contributed by atoms with Crippen molar-refractivity contribution in [1.29, 1.82) is 0 Å². The number of hydrogen-bond donors (Lipinski definition) is 2. The molecule has 1 aliphatic rings. The molecule has 2 bridgehead atoms. The Labute approximate surface area is 186 Å². The first-order chi connectivity index (χ1) is 14.9. The first kappa shape index (κ1) is 23.4. The summed E-state index contributed by atoms with van der Waals surface area (Å²) in [5, 5.41) is 7.47. The molecule has 2 heterocycles. The van der Waals surface area contributed by atoms with Gasteiger partial charge in [0.2, 0.25) is 5.91 Å². The molecule has 0 unspecified atom stereocenters. The quantitative estimate of drug-likeness (QED) is 0.675. The highest BCUT2D eigenvalue weighted by Gasteiger charge is 2.26. The van der Waals surface area contributed by atoms with E-state index in [1.165, 1.54) is 6.42 Å². The predicted octanol–water partition coefficient (Wildman–Crippen LogP) is 3.32. The number of anilines is 1. The molecule has 0 aliphatic carbocycles. The number of carbonyl (C=O) groups is 1. The van der Waals surface area contributed by atoms with Crippen LogP contribution in [-0.2, 0) is 11.3 Å². The Morgan fingerprint density at radius 2 is 1.94 bits per heavy atom. The second kappa shape index (κ2) is 10.9. The second-order valence-corrected chi connectivity index (χ2v) is 9.24. The Bertz CT molecular complexity index is 868. The Morgan fingerprint density at radius 3 is 2.65 bits per heavy atom. The summed E-state index contributed by atoms with van der Waals surface area (Å²) in [5.74, 6) is 2.37. The lowest BCUT2D eigenvalue weighted by atomic mass is 10.0. The standard InChI is InChI=1S/C24H38N6O/c1-6-29(12-11-17(2)3)13-14-30-15-21-26-20-10-8-7-9-19(20)23(27-21)28-22(18(4)5)24(31)25-16-30/h7-10,17-18,22H,6,11-16H2,1-5H3,(H,25,31)(H,26,27,28)/t22-/m0/s1. The molecule has 1 atom stereocenters. The van der Waals surface area contributed by atoms with Gasteiger partial charge in [0.25, 0.3) is 0 Å². The molecular weight excluding hydrogens is 388 g/mol. The first-order valence-corrected chi connectivity index (χ1v) is 11.6. The maximum Gasteiger partial charge on any atom is 0.243 e. The van der Waals surface area contributed by atoms with Crippen LogP contribution in [0.3, 0.4) is 0 Å². The third kappa shape index (κ3) is 6.37. The van der Waals surface area contributed by atoms with Crippen molar-refractivity contribution < 1.29 is 4.79 Å². The van der Waals surface area contributed by atoms with Crippen molar-refractivity contribution in [3.05, 3.63) is 30.1 Å². The molecule has 0 fully saturated rings. The van der Waals surface area contributed by atoms with Gasteiger partial charge in [0.1, 0.15) is 17.7 Å². The molecule has 0 radical (unpaired) electrons. The molecule has 0 saturated carbocycles. The van der Waals surface area contributed by atoms with Crippen LogP contribution in [0.4, 0.5) is 5.82 Å². The Morgan fingerprint density at radius 1 is 1.16 bits per heavy atom. The van der Waals surface area contributed by atoms with Crippen LogP contribution in [0.15, 0.2) is 24.3 Å². The monoisotopic (exact) mass is 426 g/mol. The summed E-state index contributed by atoms with van der Waals surface area (Å²) < 4.78 is 0. The van der Waals surface area contributed by atoms with Gasteiger partial charge in [0.05, 0.1) is 18.7 Å². The third-order valence-electron chi connectivity index (χ3n) is 5.94. The van der Waals surface area contributed by atoms with Gasteiger partial charge in [-0.1, -0.05) is 46.8 Å². The lowest BCUT2D eigenvalue weighted by Gasteiger charge is -2.30. The van der Waals surface area contributed by atoms with E-state index in [2.05, 4.69) is 55.1 Å². The molecule has 2 aromatic rings. The van der Waals surface area contributed by atoms with Gasteiger partial charge in [-0.05, 0) is 43.5 Å². The minimum absolute atomic E-state index is 0.0123. The van der Waals surface area contributed by atoms with Crippen molar-refractivity contribution in [3.63, 3.8) is 0 Å². The van der Waals surface area contributed by atoms with Crippen LogP contribution < -0.4 is 10.6 Å². The number of amides is 1. The van der Waals surface area contributed by atoms with Crippen molar-refractivity contribution in [3.8, 4) is 0 Å². The van der Waals surface area contributed by atoms with E-state index in [1.54, 1.807) is 0 Å². The highest BCUT2D eigenvalue weighted by atomic mass is 16.2. The molecule has 1 amide bonds. The Balaban J connectivity index is 1.84. The summed E-state index contributed by atoms with van der Waals surface area (Å²) in [5.41, 5.74) is 0.908. The number of aromatic nitrogens is 2. The smallest absolute Gasteiger partial charge is 0.243 e. The highest BCUT2D eigenvalue weighted by molar-refractivity contribution is 5.92. The fourth-order valence-electron chi connectivity index (χ4n) is 3.85. The summed E-state index contributed by atoms with van der Waals surface area (Å²) in [7, 11) is 0. The average molecular weight is 427 g/mol. The molecule has 0 spiro atoms. The number of nitrogens with one attached hydrogen (secondary N) is 2. The molecule has 170 valence electrons. The van der Waals surface area contributed by atoms with Crippen molar-refractivity contribution in [2.45, 2.75) is 53.6 Å². The molecular formula is C24H38N6O. The van der Waals surface area contributed by atoms with Crippen molar-refractivity contribution in [2.24, 2.45) is 11.8 Å². The minimum atomic E-state index is -0.343. The number of likely N-dealkylation sites (N-methyl/N-ethyl adjacent to an activating group) is 1. The lowest BCUT2D eigenvalue weighted by molar-refractivity contribution is -0.123. The van der Waals surface area contributed by atoms with Crippen molar-refractivity contribution in [2.75, 3.05) is 38.2 Å². The molecule has 3 rings (SSSR count). The van der Waals surface area contributed by atoms with Gasteiger partial charge in [-0.2, -0.15) is 0 Å². The van der Waals surface area contributed by atoms with Crippen LogP contribution >= 0.6 is 0 Å². The zero-order valence-electron chi connectivity index (χ0n) is 19.7. The second-order valence-electron chi connectivity index (χ2n) is 9.24. The SMILES string of the molecule is CCN(CCC(C)C)CCN1CNC(=O)[C@H](C(C)C)Nc2nc(nc3ccccc23)C1. The zero-order chi connectivity index (χ0) is 22.4. The number of hydrogen-bond acceptors (Lipinski definition) is 6. The van der Waals surface area contributed by atoms with Gasteiger partial charge < -0.3 is 15.5 Å². The van der Waals surface area contributed by atoms with Gasteiger partial charge in [-0.25, -0.2) is 9.97 Å². The maximum atomic E-state index is 13.0. The normalized spacial score (nSPS) is 17.9. The van der Waals surface area contributed by atoms with Crippen LogP contribution in [0, 0.1) is 11.8 Å². The fourth-order valence-corrected chi connectivity index (χ4v) is 3.85. The van der Waals surface area contributed by atoms with E-state index >= 15 is 0 Å². The summed E-state index contributed by atoms with van der Waals surface area (Å²) >= 11 is 0. The van der Waals surface area contributed by atoms with Gasteiger partial charge in [0.15, 0.2) is 0 Å². The van der Waals surface area contributed by atoms with Gasteiger partial charge in [-0.15, -0.1) is 0 Å². The molecule has 2 N–H and O–H groups in total. The number of rotatable bonds is 8. The molecule has 7 nitrogen and oxygen atoms in total. The van der Waals surface area contributed by atoms with E-state index in [0.29, 0.717) is 19.1 Å². The van der Waals surface area contributed by atoms with Crippen molar-refractivity contribution in [1.82, 2.24) is 25.1 Å². The zero-order valence-corrected chi connectivity index (χ0v) is 19.7. The summed E-state index contributed by atoms with van der Waals surface area (Å²) in [6.07, 6.45) is 1.20. The van der Waals surface area contributed by atoms with Gasteiger partial charge in [0, 0.05) is 18.5 Å². The Kier molecular flexibility index (Phi) is 8.21. The largest absolute Gasteiger partial charge is 0.358 e. The van der Waals surface area contributed by atoms with E-state index in [1.807, 2.05) is 24.3 Å². The maximum absolute atomic E-state index is 13.0. The van der Waals surface area contributed by atoms with Gasteiger partial charge in [-0.3, -0.25) is 9.69 Å². The van der Waals surface area contributed by atoms with Crippen molar-refractivity contribution >= 4 is 22.6 Å². The number of benzene rings is 1. The highest BCUT2D eigenvalue weighted by Crippen LogP contribution is 2.23. The molecule has 1 aromatic carbocycles. The topological polar surface area (TPSA) is 73.4 Å². The van der Waals surface area contributed by atoms with E-state index in [4.69, 9.17) is 9.97 Å². The average Bonchev–Trinajstić information content (AvgIpc) is 2.74. The van der Waals surface area contributed by atoms with Crippen LogP contribution in [0.1, 0.15) is 46.9 Å². The lowest BCUT2D eigenvalue weighted by Crippen LogP contribution is -2.49. The Hall–Kier alpha value is -2.25.